The van der Waals surface area contributed by atoms with Gasteiger partial charge in [-0.2, -0.15) is 0 Å². The number of nitrogens with zero attached hydrogens (tertiary/aromatic N) is 2. The Balaban J connectivity index is 2.41. The van der Waals surface area contributed by atoms with Crippen LogP contribution < -0.4 is 16.8 Å². The molecule has 0 aliphatic heterocycles. The number of halogens is 1. The maximum atomic E-state index is 11.6. The van der Waals surface area contributed by atoms with Gasteiger partial charge in [0.05, 0.1) is 9.90 Å². The first-order valence-corrected chi connectivity index (χ1v) is 5.92. The fourth-order valence-electron chi connectivity index (χ4n) is 1.22. The fourth-order valence-corrected chi connectivity index (χ4v) is 1.69. The molecule has 0 saturated carbocycles. The summed E-state index contributed by atoms with van der Waals surface area (Å²) in [6.45, 7) is 0.570. The first-order chi connectivity index (χ1) is 7.65. The Hall–Kier alpha value is -0.960. The number of hydrogen-bond donors (Lipinski definition) is 2. The predicted molar refractivity (Wildman–Crippen MR) is 67.4 cm³/mol. The zero-order chi connectivity index (χ0) is 12.0. The third kappa shape index (κ3) is 3.89. The maximum Gasteiger partial charge on any atom is 0.266 e. The monoisotopic (exact) mass is 336 g/mol. The number of amides is 1. The van der Waals surface area contributed by atoms with Gasteiger partial charge in [0, 0.05) is 19.2 Å². The molecule has 7 heteroatoms. The minimum Gasteiger partial charge on any atom is -0.298 e. The number of unbranched alkanes of at least 4 members (excludes halogenated alkanes) is 1. The van der Waals surface area contributed by atoms with Crippen molar-refractivity contribution in [2.45, 2.75) is 25.8 Å². The molecule has 0 unspecified atom stereocenters. The van der Waals surface area contributed by atoms with E-state index in [9.17, 15) is 9.59 Å². The Morgan fingerprint density at radius 3 is 3.00 bits per heavy atom. The summed E-state index contributed by atoms with van der Waals surface area (Å²) in [4.78, 5) is 26.3. The number of nitrogens with two attached hydrogens (primary N) is 1. The first kappa shape index (κ1) is 13.1. The van der Waals surface area contributed by atoms with Crippen LogP contribution in [0.2, 0.25) is 0 Å². The largest absolute Gasteiger partial charge is 0.298 e. The normalized spacial score (nSPS) is 10.1. The summed E-state index contributed by atoms with van der Waals surface area (Å²) in [6.07, 6.45) is 4.85. The van der Waals surface area contributed by atoms with E-state index in [1.807, 2.05) is 22.6 Å². The molecular weight excluding hydrogens is 323 g/mol. The van der Waals surface area contributed by atoms with Crippen LogP contribution in [0.5, 0.6) is 0 Å². The van der Waals surface area contributed by atoms with E-state index in [0.717, 1.165) is 6.42 Å². The van der Waals surface area contributed by atoms with Gasteiger partial charge in [-0.05, 0) is 35.4 Å². The van der Waals surface area contributed by atoms with Gasteiger partial charge in [-0.15, -0.1) is 0 Å². The summed E-state index contributed by atoms with van der Waals surface area (Å²) in [6, 6.07) is 0. The van der Waals surface area contributed by atoms with Crippen molar-refractivity contribution in [1.29, 1.82) is 0 Å². The van der Waals surface area contributed by atoms with Gasteiger partial charge in [-0.3, -0.25) is 19.6 Å². The quantitative estimate of drug-likeness (QED) is 0.261. The van der Waals surface area contributed by atoms with Crippen LogP contribution in [0, 0.1) is 3.57 Å². The van der Waals surface area contributed by atoms with Crippen molar-refractivity contribution in [3.05, 3.63) is 26.4 Å². The van der Waals surface area contributed by atoms with Crippen molar-refractivity contribution < 1.29 is 4.79 Å². The molecule has 1 heterocycles. The van der Waals surface area contributed by atoms with Gasteiger partial charge in [0.2, 0.25) is 5.91 Å². The Kier molecular flexibility index (Phi) is 5.39. The molecule has 1 aromatic heterocycles. The van der Waals surface area contributed by atoms with Gasteiger partial charge in [0.25, 0.3) is 5.56 Å². The number of hydrazine groups is 1. The molecule has 88 valence electrons. The van der Waals surface area contributed by atoms with Crippen LogP contribution >= 0.6 is 22.6 Å². The van der Waals surface area contributed by atoms with Crippen LogP contribution in [0.15, 0.2) is 17.3 Å². The van der Waals surface area contributed by atoms with Crippen LogP contribution in [-0.2, 0) is 11.3 Å². The summed E-state index contributed by atoms with van der Waals surface area (Å²) in [5.74, 6) is 4.76. The van der Waals surface area contributed by atoms with Crippen LogP contribution in [0.1, 0.15) is 19.3 Å². The van der Waals surface area contributed by atoms with Gasteiger partial charge >= 0.3 is 0 Å². The standard InChI is InChI=1S/C9H13IN4O2/c10-7-5-12-6-14(9(7)16)4-2-1-3-8(15)13-11/h5-6H,1-4,11H2,(H,13,15). The Labute approximate surface area is 106 Å². The molecule has 0 aliphatic carbocycles. The van der Waals surface area contributed by atoms with Crippen LogP contribution in [0.3, 0.4) is 0 Å². The smallest absolute Gasteiger partial charge is 0.266 e. The number of carbonyl (C=O) groups excluding carboxylic acids is 1. The molecule has 3 N–H and O–H groups in total. The van der Waals surface area contributed by atoms with E-state index in [-0.39, 0.29) is 11.5 Å². The average Bonchev–Trinajstić information content (AvgIpc) is 2.29. The fraction of sp³-hybridized carbons (Fsp3) is 0.444. The second-order valence-electron chi connectivity index (χ2n) is 3.26. The molecule has 0 bridgehead atoms. The second kappa shape index (κ2) is 6.59. The highest BCUT2D eigenvalue weighted by Gasteiger charge is 2.01. The lowest BCUT2D eigenvalue weighted by Crippen LogP contribution is -2.29. The summed E-state index contributed by atoms with van der Waals surface area (Å²) in [5, 5.41) is 0. The van der Waals surface area contributed by atoms with E-state index in [1.165, 1.54) is 12.5 Å². The van der Waals surface area contributed by atoms with Crippen LogP contribution in [-0.4, -0.2) is 15.5 Å². The first-order valence-electron chi connectivity index (χ1n) is 4.84. The predicted octanol–water partition coefficient (Wildman–Crippen LogP) is 0.00810. The van der Waals surface area contributed by atoms with Gasteiger partial charge < -0.3 is 0 Å². The molecule has 0 saturated heterocycles. The number of carbonyl (C=O) groups is 1. The van der Waals surface area contributed by atoms with Crippen molar-refractivity contribution in [3.8, 4) is 0 Å². The Bertz CT molecular complexity index is 418. The van der Waals surface area contributed by atoms with E-state index in [2.05, 4.69) is 10.4 Å². The SMILES string of the molecule is NNC(=O)CCCCn1cncc(I)c1=O. The van der Waals surface area contributed by atoms with E-state index < -0.39 is 0 Å². The minimum atomic E-state index is -0.187. The third-order valence-electron chi connectivity index (χ3n) is 2.07. The number of aryl methyl sites for hydroxylation is 1. The molecule has 0 fully saturated rings. The minimum absolute atomic E-state index is 0.0427. The lowest BCUT2D eigenvalue weighted by atomic mass is 10.2. The summed E-state index contributed by atoms with van der Waals surface area (Å²) >= 11 is 1.95. The molecule has 0 atom stereocenters. The second-order valence-corrected chi connectivity index (χ2v) is 4.43. The molecular formula is C9H13IN4O2. The maximum absolute atomic E-state index is 11.6. The molecule has 0 radical (unpaired) electrons. The number of hydrogen-bond acceptors (Lipinski definition) is 4. The van der Waals surface area contributed by atoms with Crippen molar-refractivity contribution in [1.82, 2.24) is 15.0 Å². The summed E-state index contributed by atoms with van der Waals surface area (Å²) in [5.41, 5.74) is 2.02. The average molecular weight is 336 g/mol. The third-order valence-corrected chi connectivity index (χ3v) is 2.81. The van der Waals surface area contributed by atoms with Gasteiger partial charge in [0.1, 0.15) is 0 Å². The van der Waals surface area contributed by atoms with Crippen molar-refractivity contribution in [2.24, 2.45) is 5.84 Å². The van der Waals surface area contributed by atoms with Crippen LogP contribution in [0.4, 0.5) is 0 Å². The van der Waals surface area contributed by atoms with Crippen molar-refractivity contribution in [2.75, 3.05) is 0 Å². The molecule has 6 nitrogen and oxygen atoms in total. The highest BCUT2D eigenvalue weighted by molar-refractivity contribution is 14.1. The number of nitrogens with one attached hydrogen (secondary N) is 1. The topological polar surface area (TPSA) is 90.0 Å². The molecule has 1 rings (SSSR count). The molecule has 16 heavy (non-hydrogen) atoms. The van der Waals surface area contributed by atoms with E-state index in [1.54, 1.807) is 4.57 Å². The van der Waals surface area contributed by atoms with E-state index >= 15 is 0 Å². The molecule has 0 spiro atoms. The highest BCUT2D eigenvalue weighted by atomic mass is 127. The summed E-state index contributed by atoms with van der Waals surface area (Å²) in [7, 11) is 0. The molecule has 0 aromatic carbocycles. The number of aromatic nitrogens is 2. The van der Waals surface area contributed by atoms with Crippen molar-refractivity contribution >= 4 is 28.5 Å². The number of rotatable bonds is 5. The lowest BCUT2D eigenvalue weighted by Gasteiger charge is -2.04. The van der Waals surface area contributed by atoms with Gasteiger partial charge in [0.15, 0.2) is 0 Å². The van der Waals surface area contributed by atoms with E-state index in [0.29, 0.717) is 23.0 Å². The lowest BCUT2D eigenvalue weighted by molar-refractivity contribution is -0.121. The van der Waals surface area contributed by atoms with Crippen molar-refractivity contribution in [3.63, 3.8) is 0 Å². The Morgan fingerprint density at radius 2 is 2.31 bits per heavy atom. The van der Waals surface area contributed by atoms with E-state index in [4.69, 9.17) is 5.84 Å². The van der Waals surface area contributed by atoms with Gasteiger partial charge in [-0.1, -0.05) is 0 Å². The summed E-state index contributed by atoms with van der Waals surface area (Å²) < 4.78 is 2.14. The molecule has 1 aromatic rings. The molecule has 1 amide bonds. The zero-order valence-electron chi connectivity index (χ0n) is 8.65. The van der Waals surface area contributed by atoms with Gasteiger partial charge in [-0.25, -0.2) is 10.8 Å². The Morgan fingerprint density at radius 1 is 1.56 bits per heavy atom. The molecule has 0 aliphatic rings. The van der Waals surface area contributed by atoms with Crippen LogP contribution in [0.25, 0.3) is 0 Å². The highest BCUT2D eigenvalue weighted by Crippen LogP contribution is 1.98. The zero-order valence-corrected chi connectivity index (χ0v) is 10.8.